The highest BCUT2D eigenvalue weighted by Gasteiger charge is 2.46. The Hall–Kier alpha value is -1.84. The first kappa shape index (κ1) is 7.55. The molecule has 0 unspecified atom stereocenters. The number of hydrogen-bond donors (Lipinski definition) is 1. The maximum atomic E-state index is 11.0. The van der Waals surface area contributed by atoms with Crippen molar-refractivity contribution in [1.29, 1.82) is 0 Å². The van der Waals surface area contributed by atoms with E-state index >= 15 is 0 Å². The average Bonchev–Trinajstić information content (AvgIpc) is 2.57. The fourth-order valence-electron chi connectivity index (χ4n) is 1.57. The van der Waals surface area contributed by atoms with Gasteiger partial charge in [0.25, 0.3) is 5.91 Å². The highest BCUT2D eigenvalue weighted by molar-refractivity contribution is 6.01. The molecule has 1 amide bonds. The number of nitrogens with zero attached hydrogens (tertiary/aromatic N) is 1. The fourth-order valence-corrected chi connectivity index (χ4v) is 1.57. The summed E-state index contributed by atoms with van der Waals surface area (Å²) in [4.78, 5) is 15.2. The van der Waals surface area contributed by atoms with Crippen LogP contribution in [-0.4, -0.2) is 24.1 Å². The molecule has 3 rings (SSSR count). The van der Waals surface area contributed by atoms with Crippen LogP contribution in [0.2, 0.25) is 0 Å². The van der Waals surface area contributed by atoms with E-state index in [1.807, 2.05) is 30.3 Å². The Bertz CT molecular complexity index is 413. The van der Waals surface area contributed by atoms with Gasteiger partial charge in [-0.2, -0.15) is 0 Å². The van der Waals surface area contributed by atoms with Gasteiger partial charge in [-0.15, -0.1) is 0 Å². The number of ether oxygens (including phenoxy) is 1. The van der Waals surface area contributed by atoms with E-state index in [-0.39, 0.29) is 18.2 Å². The van der Waals surface area contributed by atoms with Crippen LogP contribution in [0.25, 0.3) is 0 Å². The van der Waals surface area contributed by atoms with E-state index in [1.54, 1.807) is 0 Å². The summed E-state index contributed by atoms with van der Waals surface area (Å²) in [7, 11) is 0. The number of hydrogen-bond acceptors (Lipinski definition) is 3. The minimum atomic E-state index is -0.329. The molecule has 2 heterocycles. The van der Waals surface area contributed by atoms with Gasteiger partial charge in [-0.05, 0) is 12.1 Å². The predicted molar refractivity (Wildman–Crippen MR) is 49.8 cm³/mol. The second-order valence-corrected chi connectivity index (χ2v) is 3.29. The maximum Gasteiger partial charge on any atom is 0.253 e. The van der Waals surface area contributed by atoms with E-state index < -0.39 is 0 Å². The van der Waals surface area contributed by atoms with E-state index in [9.17, 15) is 4.79 Å². The summed E-state index contributed by atoms with van der Waals surface area (Å²) in [5.41, 5.74) is 0.913. The van der Waals surface area contributed by atoms with Gasteiger partial charge < -0.3 is 10.1 Å². The molecule has 2 aliphatic heterocycles. The molecule has 0 aromatic heterocycles. The zero-order valence-electron chi connectivity index (χ0n) is 7.31. The van der Waals surface area contributed by atoms with Crippen molar-refractivity contribution in [3.63, 3.8) is 0 Å². The van der Waals surface area contributed by atoms with Crippen LogP contribution in [0.5, 0.6) is 0 Å². The lowest BCUT2D eigenvalue weighted by atomic mass is 10.1. The summed E-state index contributed by atoms with van der Waals surface area (Å²) >= 11 is 0. The number of carbonyl (C=O) groups is 1. The summed E-state index contributed by atoms with van der Waals surface area (Å²) in [5.74, 6) is 0.500. The molecule has 1 fully saturated rings. The van der Waals surface area contributed by atoms with E-state index in [0.29, 0.717) is 5.90 Å². The highest BCUT2D eigenvalue weighted by Crippen LogP contribution is 2.22. The number of amides is 1. The summed E-state index contributed by atoms with van der Waals surface area (Å²) < 4.78 is 5.43. The second kappa shape index (κ2) is 2.57. The smallest absolute Gasteiger partial charge is 0.253 e. The second-order valence-electron chi connectivity index (χ2n) is 3.29. The van der Waals surface area contributed by atoms with E-state index in [4.69, 9.17) is 4.74 Å². The number of carbonyl (C=O) groups excluding carboxylic acids is 1. The Morgan fingerprint density at radius 1 is 1.29 bits per heavy atom. The number of rotatable bonds is 1. The Balaban J connectivity index is 1.92. The topological polar surface area (TPSA) is 50.7 Å². The van der Waals surface area contributed by atoms with Crippen LogP contribution >= 0.6 is 0 Å². The van der Waals surface area contributed by atoms with Crippen LogP contribution in [0.4, 0.5) is 0 Å². The largest absolute Gasteiger partial charge is 0.451 e. The van der Waals surface area contributed by atoms with Crippen LogP contribution in [0, 0.1) is 0 Å². The van der Waals surface area contributed by atoms with Gasteiger partial charge in [0.05, 0.1) is 0 Å². The Labute approximate surface area is 80.6 Å². The van der Waals surface area contributed by atoms with Crippen LogP contribution < -0.4 is 5.32 Å². The molecule has 0 aliphatic carbocycles. The first-order chi connectivity index (χ1) is 6.84. The third kappa shape index (κ3) is 0.937. The van der Waals surface area contributed by atoms with Gasteiger partial charge in [-0.25, -0.2) is 4.99 Å². The van der Waals surface area contributed by atoms with E-state index in [1.165, 1.54) is 0 Å². The molecule has 0 bridgehead atoms. The van der Waals surface area contributed by atoms with Crippen molar-refractivity contribution in [2.45, 2.75) is 12.3 Å². The molecule has 2 atom stereocenters. The lowest BCUT2D eigenvalue weighted by Crippen LogP contribution is -2.60. The van der Waals surface area contributed by atoms with E-state index in [0.717, 1.165) is 5.56 Å². The van der Waals surface area contributed by atoms with Crippen LogP contribution in [-0.2, 0) is 9.53 Å². The van der Waals surface area contributed by atoms with Crippen molar-refractivity contribution in [2.24, 2.45) is 4.99 Å². The average molecular weight is 188 g/mol. The van der Waals surface area contributed by atoms with Gasteiger partial charge in [0, 0.05) is 5.56 Å². The molecule has 1 aromatic carbocycles. The van der Waals surface area contributed by atoms with Crippen molar-refractivity contribution < 1.29 is 9.53 Å². The summed E-state index contributed by atoms with van der Waals surface area (Å²) in [6.45, 7) is 0. The van der Waals surface area contributed by atoms with Gasteiger partial charge in [0.2, 0.25) is 12.1 Å². The van der Waals surface area contributed by atoms with Gasteiger partial charge in [0.15, 0.2) is 6.04 Å². The number of β-lactam (4-membered cyclic amide) rings is 1. The van der Waals surface area contributed by atoms with Crippen molar-refractivity contribution in [3.8, 4) is 0 Å². The lowest BCUT2D eigenvalue weighted by Gasteiger charge is -2.26. The molecule has 0 saturated carbocycles. The van der Waals surface area contributed by atoms with Crippen molar-refractivity contribution in [1.82, 2.24) is 5.32 Å². The van der Waals surface area contributed by atoms with Gasteiger partial charge in [-0.3, -0.25) is 4.79 Å². The number of nitrogens with one attached hydrogen (secondary N) is 1. The quantitative estimate of drug-likeness (QED) is 0.644. The molecule has 0 radical (unpaired) electrons. The van der Waals surface area contributed by atoms with Crippen molar-refractivity contribution in [2.75, 3.05) is 0 Å². The number of benzene rings is 1. The molecule has 4 heteroatoms. The summed E-state index contributed by atoms with van der Waals surface area (Å²) in [5, 5.41) is 2.63. The Kier molecular flexibility index (Phi) is 1.39. The van der Waals surface area contributed by atoms with Crippen molar-refractivity contribution in [3.05, 3.63) is 35.9 Å². The standard InChI is InChI=1S/C10H8N2O2/c13-8-7-10(12-8)14-9(11-7)6-4-2-1-3-5-6/h1-5,7,10H,(H,12,13)/t7-,10-/m0/s1. The molecule has 0 spiro atoms. The minimum Gasteiger partial charge on any atom is -0.451 e. The first-order valence-electron chi connectivity index (χ1n) is 4.45. The first-order valence-corrected chi connectivity index (χ1v) is 4.45. The van der Waals surface area contributed by atoms with Crippen LogP contribution in [0.1, 0.15) is 5.56 Å². The minimum absolute atomic E-state index is 0.0547. The zero-order valence-corrected chi connectivity index (χ0v) is 7.31. The zero-order chi connectivity index (χ0) is 9.54. The molecule has 1 saturated heterocycles. The summed E-state index contributed by atoms with van der Waals surface area (Å²) in [6, 6.07) is 9.25. The molecular formula is C10H8N2O2. The molecule has 4 nitrogen and oxygen atoms in total. The fraction of sp³-hybridized carbons (Fsp3) is 0.200. The van der Waals surface area contributed by atoms with E-state index in [2.05, 4.69) is 10.3 Å². The highest BCUT2D eigenvalue weighted by atomic mass is 16.5. The number of fused-ring (bicyclic) bond motifs is 1. The molecule has 1 aromatic rings. The predicted octanol–water partition coefficient (Wildman–Crippen LogP) is 0.288. The Morgan fingerprint density at radius 2 is 2.07 bits per heavy atom. The third-order valence-electron chi connectivity index (χ3n) is 2.36. The van der Waals surface area contributed by atoms with Crippen LogP contribution in [0.3, 0.4) is 0 Å². The third-order valence-corrected chi connectivity index (χ3v) is 2.36. The molecule has 70 valence electrons. The SMILES string of the molecule is O=C1N[C@H]2OC(c3ccccc3)=N[C@@H]12. The van der Waals surface area contributed by atoms with Crippen LogP contribution in [0.15, 0.2) is 35.3 Å². The van der Waals surface area contributed by atoms with Gasteiger partial charge >= 0.3 is 0 Å². The molecule has 2 aliphatic rings. The van der Waals surface area contributed by atoms with Crippen molar-refractivity contribution >= 4 is 11.8 Å². The summed E-state index contributed by atoms with van der Waals surface area (Å²) in [6.07, 6.45) is -0.238. The molecule has 14 heavy (non-hydrogen) atoms. The molecule has 1 N–H and O–H groups in total. The Morgan fingerprint density at radius 3 is 2.71 bits per heavy atom. The normalized spacial score (nSPS) is 28.3. The molecular weight excluding hydrogens is 180 g/mol. The maximum absolute atomic E-state index is 11.0. The lowest BCUT2D eigenvalue weighted by molar-refractivity contribution is -0.135. The number of aliphatic imine (C=N–C) groups is 1. The van der Waals surface area contributed by atoms with Gasteiger partial charge in [0.1, 0.15) is 0 Å². The monoisotopic (exact) mass is 188 g/mol. The van der Waals surface area contributed by atoms with Gasteiger partial charge in [-0.1, -0.05) is 18.2 Å².